The molecule has 0 bridgehead atoms. The molecule has 10 heteroatoms. The third kappa shape index (κ3) is 4.70. The van der Waals surface area contributed by atoms with Gasteiger partial charge in [-0.25, -0.2) is 0 Å². The van der Waals surface area contributed by atoms with Crippen LogP contribution in [-0.2, 0) is 9.53 Å². The SMILES string of the molecule is COC(=O)CCCN1C(=S)N[C@@H](c2ccccn2)[C@H]1c1cccn1-c1cccc([N+](=O)[O-])c1. The Balaban J connectivity index is 1.73. The highest BCUT2D eigenvalue weighted by atomic mass is 32.1. The van der Waals surface area contributed by atoms with Gasteiger partial charge in [0.25, 0.3) is 5.69 Å². The number of nitrogens with one attached hydrogen (secondary N) is 1. The van der Waals surface area contributed by atoms with E-state index in [1.807, 2.05) is 52.1 Å². The molecule has 0 amide bonds. The number of hydrogen-bond donors (Lipinski definition) is 1. The lowest BCUT2D eigenvalue weighted by Gasteiger charge is -2.29. The van der Waals surface area contributed by atoms with Crippen molar-refractivity contribution in [1.82, 2.24) is 19.8 Å². The van der Waals surface area contributed by atoms with Crippen LogP contribution < -0.4 is 5.32 Å². The number of esters is 1. The summed E-state index contributed by atoms with van der Waals surface area (Å²) in [5, 5.41) is 15.2. The predicted octanol–water partition coefficient (Wildman–Crippen LogP) is 3.71. The minimum Gasteiger partial charge on any atom is -0.469 e. The van der Waals surface area contributed by atoms with Crippen LogP contribution in [0.5, 0.6) is 0 Å². The molecule has 0 aliphatic carbocycles. The molecule has 170 valence electrons. The maximum Gasteiger partial charge on any atom is 0.305 e. The van der Waals surface area contributed by atoms with Crippen molar-refractivity contribution in [2.45, 2.75) is 24.9 Å². The van der Waals surface area contributed by atoms with Gasteiger partial charge in [0.05, 0.1) is 35.5 Å². The Labute approximate surface area is 196 Å². The molecule has 0 radical (unpaired) electrons. The Bertz CT molecular complexity index is 1170. The third-order valence-corrected chi connectivity index (χ3v) is 5.96. The lowest BCUT2D eigenvalue weighted by molar-refractivity contribution is -0.384. The minimum atomic E-state index is -0.408. The monoisotopic (exact) mass is 465 g/mol. The van der Waals surface area contributed by atoms with E-state index in [-0.39, 0.29) is 30.2 Å². The van der Waals surface area contributed by atoms with Crippen molar-refractivity contribution in [3.8, 4) is 5.69 Å². The van der Waals surface area contributed by atoms with Gasteiger partial charge in [0.15, 0.2) is 5.11 Å². The highest BCUT2D eigenvalue weighted by Crippen LogP contribution is 2.39. The number of rotatable bonds is 8. The number of benzene rings is 1. The number of nitrogens with zero attached hydrogens (tertiary/aromatic N) is 4. The molecule has 1 saturated heterocycles. The summed E-state index contributed by atoms with van der Waals surface area (Å²) >= 11 is 5.66. The second kappa shape index (κ2) is 9.78. The molecule has 2 atom stereocenters. The summed E-state index contributed by atoms with van der Waals surface area (Å²) < 4.78 is 6.69. The normalized spacial score (nSPS) is 17.6. The molecule has 1 aromatic carbocycles. The molecule has 4 rings (SSSR count). The molecule has 2 aromatic heterocycles. The fourth-order valence-electron chi connectivity index (χ4n) is 4.09. The average Bonchev–Trinajstić information content (AvgIpc) is 3.44. The van der Waals surface area contributed by atoms with Crippen LogP contribution in [0.1, 0.15) is 36.3 Å². The number of non-ortho nitro benzene ring substituents is 1. The van der Waals surface area contributed by atoms with Crippen LogP contribution >= 0.6 is 12.2 Å². The Morgan fingerprint density at radius 1 is 1.24 bits per heavy atom. The first kappa shape index (κ1) is 22.4. The van der Waals surface area contributed by atoms with Gasteiger partial charge in [-0.1, -0.05) is 12.1 Å². The summed E-state index contributed by atoms with van der Waals surface area (Å²) in [6.07, 6.45) is 4.45. The second-order valence-corrected chi connectivity index (χ2v) is 7.97. The zero-order chi connectivity index (χ0) is 23.4. The van der Waals surface area contributed by atoms with E-state index in [2.05, 4.69) is 10.3 Å². The molecular weight excluding hydrogens is 442 g/mol. The second-order valence-electron chi connectivity index (χ2n) is 7.58. The molecule has 1 N–H and O–H groups in total. The van der Waals surface area contributed by atoms with Crippen molar-refractivity contribution in [3.05, 3.63) is 88.5 Å². The van der Waals surface area contributed by atoms with Crippen LogP contribution in [-0.4, -0.2) is 44.1 Å². The van der Waals surface area contributed by atoms with Crippen molar-refractivity contribution in [3.63, 3.8) is 0 Å². The third-order valence-electron chi connectivity index (χ3n) is 5.61. The molecule has 1 fully saturated rings. The summed E-state index contributed by atoms with van der Waals surface area (Å²) in [4.78, 5) is 29.1. The van der Waals surface area contributed by atoms with Gasteiger partial charge in [0, 0.05) is 43.2 Å². The molecule has 0 unspecified atom stereocenters. The smallest absolute Gasteiger partial charge is 0.305 e. The highest BCUT2D eigenvalue weighted by molar-refractivity contribution is 7.80. The van der Waals surface area contributed by atoms with E-state index >= 15 is 0 Å². The number of ether oxygens (including phenoxy) is 1. The quantitative estimate of drug-likeness (QED) is 0.232. The fourth-order valence-corrected chi connectivity index (χ4v) is 4.42. The van der Waals surface area contributed by atoms with Crippen molar-refractivity contribution in [2.24, 2.45) is 0 Å². The average molecular weight is 466 g/mol. The molecule has 0 spiro atoms. The lowest BCUT2D eigenvalue weighted by Crippen LogP contribution is -2.31. The Hall–Kier alpha value is -3.79. The molecule has 3 aromatic rings. The highest BCUT2D eigenvalue weighted by Gasteiger charge is 2.41. The molecule has 3 heterocycles. The van der Waals surface area contributed by atoms with E-state index in [0.717, 1.165) is 11.4 Å². The van der Waals surface area contributed by atoms with E-state index in [4.69, 9.17) is 17.0 Å². The maximum absolute atomic E-state index is 11.6. The molecule has 0 saturated carbocycles. The first-order valence-corrected chi connectivity index (χ1v) is 10.9. The number of hydrogen-bond acceptors (Lipinski definition) is 6. The van der Waals surface area contributed by atoms with Gasteiger partial charge in [-0.05, 0) is 49.0 Å². The predicted molar refractivity (Wildman–Crippen MR) is 126 cm³/mol. The minimum absolute atomic E-state index is 0.0171. The number of thiocarbonyl (C=S) groups is 1. The summed E-state index contributed by atoms with van der Waals surface area (Å²) in [5.41, 5.74) is 2.42. The Morgan fingerprint density at radius 2 is 2.09 bits per heavy atom. The molecule has 1 aliphatic rings. The van der Waals surface area contributed by atoms with E-state index in [1.54, 1.807) is 18.3 Å². The van der Waals surface area contributed by atoms with Crippen molar-refractivity contribution >= 4 is 29.0 Å². The van der Waals surface area contributed by atoms with Crippen molar-refractivity contribution in [1.29, 1.82) is 0 Å². The number of methoxy groups -OCH3 is 1. The van der Waals surface area contributed by atoms with Crippen molar-refractivity contribution < 1.29 is 14.5 Å². The Kier molecular flexibility index (Phi) is 6.64. The van der Waals surface area contributed by atoms with E-state index < -0.39 is 4.92 Å². The number of nitro benzene ring substituents is 1. The summed E-state index contributed by atoms with van der Waals surface area (Å²) in [6.45, 7) is 0.537. The van der Waals surface area contributed by atoms with Gasteiger partial charge in [-0.2, -0.15) is 0 Å². The van der Waals surface area contributed by atoms with Crippen LogP contribution in [0, 0.1) is 10.1 Å². The van der Waals surface area contributed by atoms with Gasteiger partial charge >= 0.3 is 5.97 Å². The van der Waals surface area contributed by atoms with Gasteiger partial charge in [0.2, 0.25) is 0 Å². The van der Waals surface area contributed by atoms with Crippen LogP contribution in [0.15, 0.2) is 67.0 Å². The van der Waals surface area contributed by atoms with Gasteiger partial charge in [-0.3, -0.25) is 19.9 Å². The summed E-state index contributed by atoms with van der Waals surface area (Å²) in [5.74, 6) is -0.272. The topological polar surface area (TPSA) is 103 Å². The van der Waals surface area contributed by atoms with E-state index in [9.17, 15) is 14.9 Å². The molecule has 1 aliphatic heterocycles. The van der Waals surface area contributed by atoms with Gasteiger partial charge < -0.3 is 19.5 Å². The van der Waals surface area contributed by atoms with Gasteiger partial charge in [0.1, 0.15) is 0 Å². The van der Waals surface area contributed by atoms with Crippen LogP contribution in [0.4, 0.5) is 5.69 Å². The zero-order valence-electron chi connectivity index (χ0n) is 18.0. The number of carbonyl (C=O) groups is 1. The number of nitro groups is 1. The number of pyridine rings is 1. The molecular formula is C23H23N5O4S. The van der Waals surface area contributed by atoms with Crippen LogP contribution in [0.25, 0.3) is 5.69 Å². The van der Waals surface area contributed by atoms with Crippen LogP contribution in [0.3, 0.4) is 0 Å². The molecule has 33 heavy (non-hydrogen) atoms. The zero-order valence-corrected chi connectivity index (χ0v) is 18.8. The first-order chi connectivity index (χ1) is 16.0. The summed E-state index contributed by atoms with van der Waals surface area (Å²) in [7, 11) is 1.37. The Morgan fingerprint density at radius 3 is 2.82 bits per heavy atom. The number of aromatic nitrogens is 2. The van der Waals surface area contributed by atoms with Gasteiger partial charge in [-0.15, -0.1) is 0 Å². The van der Waals surface area contributed by atoms with E-state index in [1.165, 1.54) is 13.2 Å². The number of carbonyl (C=O) groups excluding carboxylic acids is 1. The molecule has 9 nitrogen and oxygen atoms in total. The standard InChI is InChI=1S/C23H23N5O4S/c1-32-20(29)11-6-14-27-22(21(25-23(27)33)18-9-2-3-12-24-18)19-10-5-13-26(19)16-7-4-8-17(15-16)28(30)31/h2-5,7-10,12-13,15,21-22H,6,11,14H2,1H3,(H,25,33)/t21-,22+/m0/s1. The van der Waals surface area contributed by atoms with Crippen molar-refractivity contribution in [2.75, 3.05) is 13.7 Å². The summed E-state index contributed by atoms with van der Waals surface area (Å²) in [6, 6.07) is 15.6. The van der Waals surface area contributed by atoms with Crippen LogP contribution in [0.2, 0.25) is 0 Å². The lowest BCUT2D eigenvalue weighted by atomic mass is 10.0. The largest absolute Gasteiger partial charge is 0.469 e. The first-order valence-electron chi connectivity index (χ1n) is 10.5. The van der Waals surface area contributed by atoms with E-state index in [0.29, 0.717) is 23.8 Å². The fraction of sp³-hybridized carbons (Fsp3) is 0.261. The maximum atomic E-state index is 11.6.